The second kappa shape index (κ2) is 7.47. The lowest BCUT2D eigenvalue weighted by molar-refractivity contribution is -0.139. The molecular formula is C17H25NO4. The zero-order valence-electron chi connectivity index (χ0n) is 13.6. The molecule has 1 aliphatic carbocycles. The quantitative estimate of drug-likeness (QED) is 0.809. The highest BCUT2D eigenvalue weighted by Crippen LogP contribution is 2.41. The Morgan fingerprint density at radius 1 is 1.23 bits per heavy atom. The highest BCUT2D eigenvalue weighted by Gasteiger charge is 2.39. The van der Waals surface area contributed by atoms with Gasteiger partial charge in [0.05, 0.1) is 24.9 Å². The van der Waals surface area contributed by atoms with Crippen LogP contribution in [0.15, 0.2) is 23.0 Å². The molecule has 1 saturated carbocycles. The van der Waals surface area contributed by atoms with Gasteiger partial charge in [0.15, 0.2) is 0 Å². The standard InChI is InChI=1S/C17H25NO4/c1-4-22-16(19)13-10-18-11(2)14(17(20)21-3)15(13)12-8-6-5-7-9-12/h10,12,15,18H,4-9H2,1-3H3. The molecule has 2 aliphatic rings. The lowest BCUT2D eigenvalue weighted by Crippen LogP contribution is -2.35. The number of hydrogen-bond donors (Lipinski definition) is 1. The number of ether oxygens (including phenoxy) is 2. The van der Waals surface area contributed by atoms with Crippen LogP contribution in [0.4, 0.5) is 0 Å². The Morgan fingerprint density at radius 3 is 2.50 bits per heavy atom. The Morgan fingerprint density at radius 2 is 1.91 bits per heavy atom. The first-order valence-electron chi connectivity index (χ1n) is 8.03. The lowest BCUT2D eigenvalue weighted by atomic mass is 9.72. The summed E-state index contributed by atoms with van der Waals surface area (Å²) in [5, 5.41) is 3.02. The summed E-state index contributed by atoms with van der Waals surface area (Å²) in [4.78, 5) is 24.6. The van der Waals surface area contributed by atoms with Crippen LogP contribution in [0.3, 0.4) is 0 Å². The summed E-state index contributed by atoms with van der Waals surface area (Å²) >= 11 is 0. The van der Waals surface area contributed by atoms with Crippen molar-refractivity contribution in [3.05, 3.63) is 23.0 Å². The van der Waals surface area contributed by atoms with Crippen molar-refractivity contribution in [2.75, 3.05) is 13.7 Å². The molecule has 0 amide bonds. The minimum Gasteiger partial charge on any atom is -0.466 e. The first kappa shape index (κ1) is 16.6. The van der Waals surface area contributed by atoms with Gasteiger partial charge in [0.2, 0.25) is 0 Å². The van der Waals surface area contributed by atoms with Crippen LogP contribution in [0.2, 0.25) is 0 Å². The summed E-state index contributed by atoms with van der Waals surface area (Å²) in [6, 6.07) is 0. The number of allylic oxidation sites excluding steroid dienone is 1. The Hall–Kier alpha value is -1.78. The van der Waals surface area contributed by atoms with Gasteiger partial charge in [0, 0.05) is 17.8 Å². The fourth-order valence-electron chi connectivity index (χ4n) is 3.49. The van der Waals surface area contributed by atoms with E-state index in [4.69, 9.17) is 9.47 Å². The lowest BCUT2D eigenvalue weighted by Gasteiger charge is -2.35. The van der Waals surface area contributed by atoms with Crippen molar-refractivity contribution < 1.29 is 19.1 Å². The summed E-state index contributed by atoms with van der Waals surface area (Å²) in [5.74, 6) is -0.654. The van der Waals surface area contributed by atoms with Crippen LogP contribution in [0.5, 0.6) is 0 Å². The Kier molecular flexibility index (Phi) is 5.63. The van der Waals surface area contributed by atoms with E-state index in [1.807, 2.05) is 6.92 Å². The van der Waals surface area contributed by atoms with Gasteiger partial charge in [-0.2, -0.15) is 0 Å². The van der Waals surface area contributed by atoms with E-state index in [1.165, 1.54) is 13.5 Å². The van der Waals surface area contributed by atoms with Gasteiger partial charge in [-0.1, -0.05) is 19.3 Å². The number of hydrogen-bond acceptors (Lipinski definition) is 5. The van der Waals surface area contributed by atoms with E-state index in [9.17, 15) is 9.59 Å². The highest BCUT2D eigenvalue weighted by atomic mass is 16.5. The summed E-state index contributed by atoms with van der Waals surface area (Å²) in [5.41, 5.74) is 1.87. The first-order valence-corrected chi connectivity index (χ1v) is 8.03. The van der Waals surface area contributed by atoms with Crippen LogP contribution in [0, 0.1) is 11.8 Å². The van der Waals surface area contributed by atoms with Crippen molar-refractivity contribution in [2.45, 2.75) is 46.0 Å². The molecule has 22 heavy (non-hydrogen) atoms. The molecule has 0 bridgehead atoms. The molecule has 1 atom stereocenters. The van der Waals surface area contributed by atoms with Gasteiger partial charge in [-0.05, 0) is 32.6 Å². The van der Waals surface area contributed by atoms with Crippen molar-refractivity contribution in [2.24, 2.45) is 11.8 Å². The third-order valence-electron chi connectivity index (χ3n) is 4.53. The SMILES string of the molecule is CCOC(=O)C1=CNC(C)=C(C(=O)OC)C1C1CCCCC1. The number of carbonyl (C=O) groups is 2. The Labute approximate surface area is 131 Å². The molecule has 5 nitrogen and oxygen atoms in total. The van der Waals surface area contributed by atoms with Gasteiger partial charge < -0.3 is 14.8 Å². The minimum absolute atomic E-state index is 0.229. The fourth-order valence-corrected chi connectivity index (χ4v) is 3.49. The van der Waals surface area contributed by atoms with E-state index in [0.717, 1.165) is 31.4 Å². The molecule has 0 aromatic rings. The predicted molar refractivity (Wildman–Crippen MR) is 82.6 cm³/mol. The number of esters is 2. The molecule has 1 heterocycles. The normalized spacial score (nSPS) is 22.7. The molecule has 1 N–H and O–H groups in total. The van der Waals surface area contributed by atoms with Gasteiger partial charge in [-0.3, -0.25) is 0 Å². The van der Waals surface area contributed by atoms with Crippen molar-refractivity contribution in [1.82, 2.24) is 5.32 Å². The van der Waals surface area contributed by atoms with Crippen LogP contribution >= 0.6 is 0 Å². The van der Waals surface area contributed by atoms with Gasteiger partial charge >= 0.3 is 11.9 Å². The molecule has 0 aromatic carbocycles. The minimum atomic E-state index is -0.365. The maximum absolute atomic E-state index is 12.3. The number of methoxy groups -OCH3 is 1. The molecule has 122 valence electrons. The van der Waals surface area contributed by atoms with Crippen LogP contribution in [-0.2, 0) is 19.1 Å². The number of rotatable bonds is 4. The summed E-state index contributed by atoms with van der Waals surface area (Å²) in [6.07, 6.45) is 7.23. The van der Waals surface area contributed by atoms with E-state index in [2.05, 4.69) is 5.32 Å². The molecule has 2 rings (SSSR count). The van der Waals surface area contributed by atoms with Gasteiger partial charge in [-0.15, -0.1) is 0 Å². The van der Waals surface area contributed by atoms with E-state index in [0.29, 0.717) is 17.8 Å². The predicted octanol–water partition coefficient (Wildman–Crippen LogP) is 2.68. The van der Waals surface area contributed by atoms with Crippen molar-refractivity contribution in [1.29, 1.82) is 0 Å². The smallest absolute Gasteiger partial charge is 0.336 e. The molecule has 5 heteroatoms. The summed E-state index contributed by atoms with van der Waals surface area (Å²) < 4.78 is 10.1. The first-order chi connectivity index (χ1) is 10.6. The largest absolute Gasteiger partial charge is 0.466 e. The third kappa shape index (κ3) is 3.34. The van der Waals surface area contributed by atoms with Gasteiger partial charge in [0.25, 0.3) is 0 Å². The van der Waals surface area contributed by atoms with Gasteiger partial charge in [0.1, 0.15) is 0 Å². The van der Waals surface area contributed by atoms with Crippen LogP contribution < -0.4 is 5.32 Å². The summed E-state index contributed by atoms with van der Waals surface area (Å²) in [7, 11) is 1.38. The zero-order valence-corrected chi connectivity index (χ0v) is 13.6. The number of nitrogens with one attached hydrogen (secondary N) is 1. The number of dihydropyridines is 1. The monoisotopic (exact) mass is 307 g/mol. The topological polar surface area (TPSA) is 64.6 Å². The van der Waals surface area contributed by atoms with Crippen molar-refractivity contribution in [3.63, 3.8) is 0 Å². The van der Waals surface area contributed by atoms with Crippen molar-refractivity contribution in [3.8, 4) is 0 Å². The molecule has 0 spiro atoms. The number of carbonyl (C=O) groups excluding carboxylic acids is 2. The average Bonchev–Trinajstić information content (AvgIpc) is 2.54. The van der Waals surface area contributed by atoms with E-state index >= 15 is 0 Å². The Balaban J connectivity index is 2.37. The molecule has 0 aromatic heterocycles. The average molecular weight is 307 g/mol. The molecule has 1 unspecified atom stereocenters. The molecule has 0 saturated heterocycles. The van der Waals surface area contributed by atoms with E-state index in [-0.39, 0.29) is 23.8 Å². The second-order valence-electron chi connectivity index (χ2n) is 5.87. The maximum atomic E-state index is 12.3. The highest BCUT2D eigenvalue weighted by molar-refractivity contribution is 5.97. The maximum Gasteiger partial charge on any atom is 0.336 e. The van der Waals surface area contributed by atoms with E-state index in [1.54, 1.807) is 13.1 Å². The molecular weight excluding hydrogens is 282 g/mol. The summed E-state index contributed by atoms with van der Waals surface area (Å²) in [6.45, 7) is 3.96. The Bertz CT molecular complexity index is 501. The fraction of sp³-hybridized carbons (Fsp3) is 0.647. The second-order valence-corrected chi connectivity index (χ2v) is 5.87. The molecule has 1 aliphatic heterocycles. The third-order valence-corrected chi connectivity index (χ3v) is 4.53. The van der Waals surface area contributed by atoms with Gasteiger partial charge in [-0.25, -0.2) is 9.59 Å². The van der Waals surface area contributed by atoms with Crippen molar-refractivity contribution >= 4 is 11.9 Å². The van der Waals surface area contributed by atoms with Crippen LogP contribution in [0.25, 0.3) is 0 Å². The van der Waals surface area contributed by atoms with Crippen LogP contribution in [-0.4, -0.2) is 25.7 Å². The van der Waals surface area contributed by atoms with Crippen LogP contribution in [0.1, 0.15) is 46.0 Å². The zero-order chi connectivity index (χ0) is 16.1. The molecule has 1 fully saturated rings. The molecule has 0 radical (unpaired) electrons. The van der Waals surface area contributed by atoms with E-state index < -0.39 is 0 Å².